The van der Waals surface area contributed by atoms with Crippen LogP contribution in [-0.2, 0) is 0 Å². The number of amides is 1. The lowest BCUT2D eigenvalue weighted by molar-refractivity contribution is 0.102. The van der Waals surface area contributed by atoms with Crippen molar-refractivity contribution in [2.75, 3.05) is 5.32 Å². The number of hydrogen-bond donors (Lipinski definition) is 1. The SMILES string of the molecule is Cc1cc2scc(C(=O)Nc3cccnc3)c2cc1Cl. The van der Waals surface area contributed by atoms with Crippen LogP contribution in [0.3, 0.4) is 0 Å². The van der Waals surface area contributed by atoms with Crippen LogP contribution in [0, 0.1) is 6.92 Å². The van der Waals surface area contributed by atoms with E-state index in [9.17, 15) is 4.79 Å². The summed E-state index contributed by atoms with van der Waals surface area (Å²) in [6.45, 7) is 1.96. The lowest BCUT2D eigenvalue weighted by Crippen LogP contribution is -2.11. The Bertz CT molecular complexity index is 783. The number of aryl methyl sites for hydroxylation is 1. The van der Waals surface area contributed by atoms with E-state index >= 15 is 0 Å². The average molecular weight is 303 g/mol. The third kappa shape index (κ3) is 2.40. The number of hydrogen-bond acceptors (Lipinski definition) is 3. The van der Waals surface area contributed by atoms with Crippen LogP contribution in [0.15, 0.2) is 42.0 Å². The number of halogens is 1. The zero-order valence-corrected chi connectivity index (χ0v) is 12.3. The molecule has 0 saturated carbocycles. The summed E-state index contributed by atoms with van der Waals surface area (Å²) in [5, 5.41) is 6.24. The molecule has 3 aromatic rings. The molecule has 0 unspecified atom stereocenters. The summed E-state index contributed by atoms with van der Waals surface area (Å²) in [5.41, 5.74) is 2.33. The molecule has 0 aliphatic carbocycles. The van der Waals surface area contributed by atoms with Gasteiger partial charge >= 0.3 is 0 Å². The second-order valence-electron chi connectivity index (χ2n) is 4.44. The second kappa shape index (κ2) is 5.23. The van der Waals surface area contributed by atoms with Crippen LogP contribution in [0.25, 0.3) is 10.1 Å². The lowest BCUT2D eigenvalue weighted by Gasteiger charge is -2.04. The Kier molecular flexibility index (Phi) is 3.42. The lowest BCUT2D eigenvalue weighted by atomic mass is 10.1. The summed E-state index contributed by atoms with van der Waals surface area (Å²) in [6, 6.07) is 7.43. The number of nitrogens with zero attached hydrogens (tertiary/aromatic N) is 1. The number of aromatic nitrogens is 1. The Hall–Kier alpha value is -1.91. The van der Waals surface area contributed by atoms with Gasteiger partial charge in [0.2, 0.25) is 0 Å². The van der Waals surface area contributed by atoms with Gasteiger partial charge in [-0.3, -0.25) is 9.78 Å². The standard InChI is InChI=1S/C15H11ClN2OS/c1-9-5-14-11(6-13(9)16)12(8-20-14)15(19)18-10-3-2-4-17-7-10/h2-8H,1H3,(H,18,19). The molecule has 1 amide bonds. The van der Waals surface area contributed by atoms with Crippen molar-refractivity contribution in [3.8, 4) is 0 Å². The van der Waals surface area contributed by atoms with Crippen molar-refractivity contribution in [1.29, 1.82) is 0 Å². The highest BCUT2D eigenvalue weighted by molar-refractivity contribution is 7.17. The van der Waals surface area contributed by atoms with Crippen LogP contribution >= 0.6 is 22.9 Å². The minimum absolute atomic E-state index is 0.149. The molecule has 0 radical (unpaired) electrons. The highest BCUT2D eigenvalue weighted by atomic mass is 35.5. The largest absolute Gasteiger partial charge is 0.321 e. The van der Waals surface area contributed by atoms with Crippen molar-refractivity contribution in [1.82, 2.24) is 4.98 Å². The Morgan fingerprint density at radius 2 is 2.25 bits per heavy atom. The number of fused-ring (bicyclic) bond motifs is 1. The fraction of sp³-hybridized carbons (Fsp3) is 0.0667. The number of anilines is 1. The van der Waals surface area contributed by atoms with Crippen LogP contribution in [0.2, 0.25) is 5.02 Å². The van der Waals surface area contributed by atoms with E-state index in [1.807, 2.05) is 24.4 Å². The molecule has 2 aromatic heterocycles. The molecule has 0 aliphatic heterocycles. The van der Waals surface area contributed by atoms with E-state index in [1.165, 1.54) is 0 Å². The zero-order chi connectivity index (χ0) is 14.1. The van der Waals surface area contributed by atoms with E-state index in [0.29, 0.717) is 16.3 Å². The molecule has 1 N–H and O–H groups in total. The van der Waals surface area contributed by atoms with E-state index < -0.39 is 0 Å². The van der Waals surface area contributed by atoms with Gasteiger partial charge in [-0.2, -0.15) is 0 Å². The molecular formula is C15H11ClN2OS. The normalized spacial score (nSPS) is 10.7. The summed E-state index contributed by atoms with van der Waals surface area (Å²) in [5.74, 6) is -0.149. The fourth-order valence-corrected chi connectivity index (χ4v) is 3.14. The number of nitrogens with one attached hydrogen (secondary N) is 1. The van der Waals surface area contributed by atoms with Gasteiger partial charge in [0.05, 0.1) is 17.4 Å². The molecule has 20 heavy (non-hydrogen) atoms. The minimum Gasteiger partial charge on any atom is -0.321 e. The van der Waals surface area contributed by atoms with E-state index in [-0.39, 0.29) is 5.91 Å². The number of rotatable bonds is 2. The highest BCUT2D eigenvalue weighted by Crippen LogP contribution is 2.31. The average Bonchev–Trinajstić information content (AvgIpc) is 2.83. The summed E-state index contributed by atoms with van der Waals surface area (Å²) in [4.78, 5) is 16.3. The quantitative estimate of drug-likeness (QED) is 0.756. The van der Waals surface area contributed by atoms with Gasteiger partial charge in [-0.25, -0.2) is 0 Å². The molecule has 100 valence electrons. The van der Waals surface area contributed by atoms with Gasteiger partial charge in [0.15, 0.2) is 0 Å². The molecular weight excluding hydrogens is 292 g/mol. The van der Waals surface area contributed by atoms with Crippen LogP contribution in [0.5, 0.6) is 0 Å². The summed E-state index contributed by atoms with van der Waals surface area (Å²) < 4.78 is 1.06. The van der Waals surface area contributed by atoms with Gasteiger partial charge in [-0.15, -0.1) is 11.3 Å². The number of carbonyl (C=O) groups is 1. The van der Waals surface area contributed by atoms with Crippen molar-refractivity contribution in [3.63, 3.8) is 0 Å². The van der Waals surface area contributed by atoms with Gasteiger partial charge in [0.25, 0.3) is 5.91 Å². The number of pyridine rings is 1. The molecule has 0 spiro atoms. The molecule has 0 aliphatic rings. The maximum absolute atomic E-state index is 12.3. The first kappa shape index (κ1) is 13.1. The van der Waals surface area contributed by atoms with Gasteiger partial charge in [0.1, 0.15) is 0 Å². The molecule has 5 heteroatoms. The van der Waals surface area contributed by atoms with E-state index in [0.717, 1.165) is 15.6 Å². The summed E-state index contributed by atoms with van der Waals surface area (Å²) in [7, 11) is 0. The smallest absolute Gasteiger partial charge is 0.257 e. The molecule has 0 saturated heterocycles. The Labute approximate surface area is 125 Å². The predicted molar refractivity (Wildman–Crippen MR) is 83.8 cm³/mol. The molecule has 3 nitrogen and oxygen atoms in total. The van der Waals surface area contributed by atoms with E-state index in [1.54, 1.807) is 35.9 Å². The predicted octanol–water partition coefficient (Wildman–Crippen LogP) is 4.51. The Morgan fingerprint density at radius 1 is 1.40 bits per heavy atom. The van der Waals surface area contributed by atoms with Gasteiger partial charge in [-0.1, -0.05) is 11.6 Å². The maximum Gasteiger partial charge on any atom is 0.257 e. The first-order chi connectivity index (χ1) is 9.65. The van der Waals surface area contributed by atoms with Crippen molar-refractivity contribution in [3.05, 3.63) is 58.2 Å². The van der Waals surface area contributed by atoms with E-state index in [2.05, 4.69) is 10.3 Å². The monoisotopic (exact) mass is 302 g/mol. The Morgan fingerprint density at radius 3 is 3.00 bits per heavy atom. The van der Waals surface area contributed by atoms with Crippen LogP contribution in [0.1, 0.15) is 15.9 Å². The third-order valence-electron chi connectivity index (χ3n) is 3.02. The van der Waals surface area contributed by atoms with E-state index in [4.69, 9.17) is 11.6 Å². The summed E-state index contributed by atoms with van der Waals surface area (Å²) in [6.07, 6.45) is 3.28. The number of carbonyl (C=O) groups excluding carboxylic acids is 1. The van der Waals surface area contributed by atoms with Crippen molar-refractivity contribution < 1.29 is 4.79 Å². The maximum atomic E-state index is 12.3. The fourth-order valence-electron chi connectivity index (χ4n) is 1.96. The third-order valence-corrected chi connectivity index (χ3v) is 4.37. The Balaban J connectivity index is 1.98. The number of benzene rings is 1. The molecule has 0 bridgehead atoms. The van der Waals surface area contributed by atoms with Crippen LogP contribution in [-0.4, -0.2) is 10.9 Å². The molecule has 2 heterocycles. The van der Waals surface area contributed by atoms with Crippen molar-refractivity contribution in [2.45, 2.75) is 6.92 Å². The molecule has 3 rings (SSSR count). The summed E-state index contributed by atoms with van der Waals surface area (Å²) >= 11 is 7.68. The molecule has 1 aromatic carbocycles. The highest BCUT2D eigenvalue weighted by Gasteiger charge is 2.13. The molecule has 0 fully saturated rings. The van der Waals surface area contributed by atoms with Gasteiger partial charge in [-0.05, 0) is 36.8 Å². The minimum atomic E-state index is -0.149. The first-order valence-corrected chi connectivity index (χ1v) is 7.29. The van der Waals surface area contributed by atoms with Crippen molar-refractivity contribution >= 4 is 44.6 Å². The topological polar surface area (TPSA) is 42.0 Å². The van der Waals surface area contributed by atoms with Crippen LogP contribution in [0.4, 0.5) is 5.69 Å². The van der Waals surface area contributed by atoms with Gasteiger partial charge in [0, 0.05) is 26.7 Å². The van der Waals surface area contributed by atoms with Gasteiger partial charge < -0.3 is 5.32 Å². The van der Waals surface area contributed by atoms with Crippen LogP contribution < -0.4 is 5.32 Å². The number of thiophene rings is 1. The first-order valence-electron chi connectivity index (χ1n) is 6.04. The molecule has 0 atom stereocenters. The zero-order valence-electron chi connectivity index (χ0n) is 10.7. The van der Waals surface area contributed by atoms with Crippen molar-refractivity contribution in [2.24, 2.45) is 0 Å². The second-order valence-corrected chi connectivity index (χ2v) is 5.76.